The van der Waals surface area contributed by atoms with Gasteiger partial charge in [0.1, 0.15) is 6.10 Å². The SMILES string of the molecule is CCCCCCCCCCCCCCC[C@@H](O)[C@H](CO)NC(=O)C(O)CCCCCCCCCCCCCC. The summed E-state index contributed by atoms with van der Waals surface area (Å²) in [6, 6.07) is -0.702. The third-order valence-electron chi connectivity index (χ3n) is 8.23. The lowest BCUT2D eigenvalue weighted by molar-refractivity contribution is -0.131. The molecule has 0 radical (unpaired) electrons. The van der Waals surface area contributed by atoms with E-state index in [1.54, 1.807) is 0 Å². The predicted octanol–water partition coefficient (Wildman–Crippen LogP) is 8.76. The third-order valence-corrected chi connectivity index (χ3v) is 8.23. The van der Waals surface area contributed by atoms with Crippen molar-refractivity contribution in [1.82, 2.24) is 5.32 Å². The Kier molecular flexibility index (Phi) is 29.8. The number of nitrogens with one attached hydrogen (secondary N) is 1. The number of aliphatic hydroxyl groups is 3. The van der Waals surface area contributed by atoms with Gasteiger partial charge < -0.3 is 20.6 Å². The van der Waals surface area contributed by atoms with Gasteiger partial charge in [-0.1, -0.05) is 174 Å². The van der Waals surface area contributed by atoms with Crippen molar-refractivity contribution in [3.63, 3.8) is 0 Å². The molecule has 39 heavy (non-hydrogen) atoms. The summed E-state index contributed by atoms with van der Waals surface area (Å²) in [4.78, 5) is 12.4. The second-order valence-corrected chi connectivity index (χ2v) is 12.1. The first-order chi connectivity index (χ1) is 19.1. The summed E-state index contributed by atoms with van der Waals surface area (Å²) < 4.78 is 0. The van der Waals surface area contributed by atoms with E-state index in [4.69, 9.17) is 0 Å². The largest absolute Gasteiger partial charge is 0.394 e. The Hall–Kier alpha value is -0.650. The molecule has 0 bridgehead atoms. The Labute approximate surface area is 243 Å². The highest BCUT2D eigenvalue weighted by Crippen LogP contribution is 2.15. The quantitative estimate of drug-likeness (QED) is 0.0644. The molecule has 0 aromatic heterocycles. The van der Waals surface area contributed by atoms with Crippen LogP contribution in [-0.2, 0) is 4.79 Å². The van der Waals surface area contributed by atoms with Crippen molar-refractivity contribution in [3.05, 3.63) is 0 Å². The van der Waals surface area contributed by atoms with Crippen LogP contribution in [0.15, 0.2) is 0 Å². The Bertz CT molecular complexity index is 502. The summed E-state index contributed by atoms with van der Waals surface area (Å²) in [7, 11) is 0. The molecule has 0 aromatic rings. The highest BCUT2D eigenvalue weighted by Gasteiger charge is 2.23. The summed E-state index contributed by atoms with van der Waals surface area (Å²) >= 11 is 0. The smallest absolute Gasteiger partial charge is 0.249 e. The van der Waals surface area contributed by atoms with Gasteiger partial charge in [-0.05, 0) is 12.8 Å². The highest BCUT2D eigenvalue weighted by molar-refractivity contribution is 5.80. The maximum Gasteiger partial charge on any atom is 0.249 e. The van der Waals surface area contributed by atoms with Gasteiger partial charge in [0.2, 0.25) is 5.91 Å². The monoisotopic (exact) mass is 556 g/mol. The van der Waals surface area contributed by atoms with Crippen LogP contribution in [0.1, 0.15) is 187 Å². The first-order valence-corrected chi connectivity index (χ1v) is 17.3. The number of hydrogen-bond donors (Lipinski definition) is 4. The van der Waals surface area contributed by atoms with Crippen molar-refractivity contribution in [2.45, 2.75) is 205 Å². The van der Waals surface area contributed by atoms with Crippen LogP contribution in [0, 0.1) is 0 Å². The van der Waals surface area contributed by atoms with Crippen molar-refractivity contribution in [2.75, 3.05) is 6.61 Å². The van der Waals surface area contributed by atoms with E-state index in [0.29, 0.717) is 12.8 Å². The van der Waals surface area contributed by atoms with Crippen LogP contribution in [0.2, 0.25) is 0 Å². The average molecular weight is 556 g/mol. The molecule has 1 unspecified atom stereocenters. The Balaban J connectivity index is 3.69. The minimum atomic E-state index is -1.06. The summed E-state index contributed by atoms with van der Waals surface area (Å²) in [5.74, 6) is -0.471. The van der Waals surface area contributed by atoms with E-state index in [1.807, 2.05) is 0 Å². The van der Waals surface area contributed by atoms with Gasteiger partial charge in [0.05, 0.1) is 18.8 Å². The van der Waals surface area contributed by atoms with Gasteiger partial charge in [-0.3, -0.25) is 4.79 Å². The lowest BCUT2D eigenvalue weighted by Gasteiger charge is -2.23. The molecular formula is C34H69NO4. The number of carbonyl (C=O) groups excluding carboxylic acids is 1. The van der Waals surface area contributed by atoms with E-state index >= 15 is 0 Å². The molecule has 0 aliphatic carbocycles. The summed E-state index contributed by atoms with van der Waals surface area (Å²) in [6.45, 7) is 4.21. The lowest BCUT2D eigenvalue weighted by atomic mass is 10.0. The summed E-state index contributed by atoms with van der Waals surface area (Å²) in [6.07, 6.45) is 30.8. The molecule has 0 aliphatic heterocycles. The van der Waals surface area contributed by atoms with Gasteiger partial charge in [-0.2, -0.15) is 0 Å². The number of rotatable bonds is 31. The van der Waals surface area contributed by atoms with Crippen molar-refractivity contribution in [1.29, 1.82) is 0 Å². The fourth-order valence-electron chi connectivity index (χ4n) is 5.42. The highest BCUT2D eigenvalue weighted by atomic mass is 16.3. The lowest BCUT2D eigenvalue weighted by Crippen LogP contribution is -2.49. The van der Waals surface area contributed by atoms with Crippen LogP contribution in [-0.4, -0.2) is 46.1 Å². The van der Waals surface area contributed by atoms with Gasteiger partial charge in [0, 0.05) is 0 Å². The maximum absolute atomic E-state index is 12.4. The second kappa shape index (κ2) is 30.3. The first kappa shape index (κ1) is 38.4. The van der Waals surface area contributed by atoms with Crippen LogP contribution >= 0.6 is 0 Å². The van der Waals surface area contributed by atoms with E-state index in [9.17, 15) is 20.1 Å². The molecule has 3 atom stereocenters. The van der Waals surface area contributed by atoms with Gasteiger partial charge >= 0.3 is 0 Å². The van der Waals surface area contributed by atoms with Crippen LogP contribution < -0.4 is 5.32 Å². The molecule has 4 N–H and O–H groups in total. The van der Waals surface area contributed by atoms with Gasteiger partial charge in [0.25, 0.3) is 0 Å². The van der Waals surface area contributed by atoms with E-state index in [0.717, 1.165) is 32.1 Å². The molecule has 0 heterocycles. The summed E-state index contributed by atoms with van der Waals surface area (Å²) in [5.41, 5.74) is 0. The van der Waals surface area contributed by atoms with Gasteiger partial charge in [0.15, 0.2) is 0 Å². The van der Waals surface area contributed by atoms with Gasteiger partial charge in [-0.15, -0.1) is 0 Å². The van der Waals surface area contributed by atoms with Gasteiger partial charge in [-0.25, -0.2) is 0 Å². The Morgan fingerprint density at radius 3 is 1.15 bits per heavy atom. The topological polar surface area (TPSA) is 89.8 Å². The molecule has 1 amide bonds. The van der Waals surface area contributed by atoms with Crippen molar-refractivity contribution >= 4 is 5.91 Å². The number of amides is 1. The van der Waals surface area contributed by atoms with Crippen LogP contribution in [0.3, 0.4) is 0 Å². The maximum atomic E-state index is 12.4. The molecule has 0 aliphatic rings. The zero-order chi connectivity index (χ0) is 28.8. The van der Waals surface area contributed by atoms with E-state index in [-0.39, 0.29) is 6.61 Å². The minimum absolute atomic E-state index is 0.309. The normalized spacial score (nSPS) is 13.9. The van der Waals surface area contributed by atoms with E-state index < -0.39 is 24.2 Å². The number of unbranched alkanes of at least 4 members (excludes halogenated alkanes) is 23. The minimum Gasteiger partial charge on any atom is -0.394 e. The molecule has 0 rings (SSSR count). The Morgan fingerprint density at radius 1 is 0.513 bits per heavy atom. The Morgan fingerprint density at radius 2 is 0.821 bits per heavy atom. The fraction of sp³-hybridized carbons (Fsp3) is 0.971. The third kappa shape index (κ3) is 26.0. The number of carbonyl (C=O) groups is 1. The average Bonchev–Trinajstić information content (AvgIpc) is 2.94. The van der Waals surface area contributed by atoms with Crippen molar-refractivity contribution in [3.8, 4) is 0 Å². The van der Waals surface area contributed by atoms with Crippen molar-refractivity contribution < 1.29 is 20.1 Å². The zero-order valence-corrected chi connectivity index (χ0v) is 26.3. The molecule has 5 nitrogen and oxygen atoms in total. The number of aliphatic hydroxyl groups excluding tert-OH is 3. The summed E-state index contributed by atoms with van der Waals surface area (Å²) in [5, 5.41) is 33.0. The molecule has 0 spiro atoms. The standard InChI is InChI=1S/C34H69NO4/c1-3-5-7-9-11-13-15-17-19-20-22-24-26-28-32(37)31(30-36)35-34(39)33(38)29-27-25-23-21-18-16-14-12-10-8-6-4-2/h31-33,36-38H,3-30H2,1-2H3,(H,35,39)/t31-,32+,33?/m0/s1. The molecular weight excluding hydrogens is 486 g/mol. The van der Waals surface area contributed by atoms with Crippen LogP contribution in [0.25, 0.3) is 0 Å². The molecule has 0 saturated carbocycles. The molecule has 5 heteroatoms. The van der Waals surface area contributed by atoms with E-state index in [1.165, 1.54) is 128 Å². The fourth-order valence-corrected chi connectivity index (χ4v) is 5.42. The van der Waals surface area contributed by atoms with Crippen LogP contribution in [0.5, 0.6) is 0 Å². The molecule has 234 valence electrons. The predicted molar refractivity (Wildman–Crippen MR) is 167 cm³/mol. The van der Waals surface area contributed by atoms with Crippen LogP contribution in [0.4, 0.5) is 0 Å². The number of hydrogen-bond acceptors (Lipinski definition) is 4. The molecule has 0 saturated heterocycles. The molecule has 0 fully saturated rings. The second-order valence-electron chi connectivity index (χ2n) is 12.1. The van der Waals surface area contributed by atoms with Crippen molar-refractivity contribution in [2.24, 2.45) is 0 Å². The zero-order valence-electron chi connectivity index (χ0n) is 26.3. The first-order valence-electron chi connectivity index (χ1n) is 17.3. The molecule has 0 aromatic carbocycles. The van der Waals surface area contributed by atoms with E-state index in [2.05, 4.69) is 19.2 Å².